The van der Waals surface area contributed by atoms with Crippen molar-refractivity contribution in [2.45, 2.75) is 50.0 Å². The van der Waals surface area contributed by atoms with E-state index in [1.54, 1.807) is 0 Å². The molecule has 0 bridgehead atoms. The van der Waals surface area contributed by atoms with Crippen LogP contribution in [0.15, 0.2) is 41.3 Å². The van der Waals surface area contributed by atoms with Crippen molar-refractivity contribution in [3.05, 3.63) is 64.5 Å². The molecule has 1 aliphatic rings. The lowest BCUT2D eigenvalue weighted by Gasteiger charge is -2.27. The highest BCUT2D eigenvalue weighted by Crippen LogP contribution is 2.28. The van der Waals surface area contributed by atoms with Crippen LogP contribution >= 0.6 is 0 Å². The minimum Gasteiger partial charge on any atom is -0.481 e. The van der Waals surface area contributed by atoms with Crippen LogP contribution in [0.5, 0.6) is 0 Å². The lowest BCUT2D eigenvalue weighted by Crippen LogP contribution is -2.39. The van der Waals surface area contributed by atoms with Crippen LogP contribution < -0.4 is 4.72 Å². The average molecular weight is 391 g/mol. The van der Waals surface area contributed by atoms with E-state index in [1.165, 1.54) is 12.1 Å². The molecule has 1 unspecified atom stereocenters. The van der Waals surface area contributed by atoms with Crippen LogP contribution in [-0.2, 0) is 34.1 Å². The maximum absolute atomic E-state index is 13.0. The summed E-state index contributed by atoms with van der Waals surface area (Å²) in [6, 6.07) is 8.57. The van der Waals surface area contributed by atoms with Crippen LogP contribution in [0.4, 0.5) is 4.39 Å². The van der Waals surface area contributed by atoms with E-state index in [2.05, 4.69) is 4.72 Å². The number of benzene rings is 2. The van der Waals surface area contributed by atoms with Crippen LogP contribution in [-0.4, -0.2) is 25.5 Å². The van der Waals surface area contributed by atoms with Gasteiger partial charge in [-0.05, 0) is 73.6 Å². The molecule has 0 aromatic heterocycles. The lowest BCUT2D eigenvalue weighted by molar-refractivity contribution is -0.136. The summed E-state index contributed by atoms with van der Waals surface area (Å²) in [5, 5.41) is 8.94. The Morgan fingerprint density at radius 2 is 1.96 bits per heavy atom. The van der Waals surface area contributed by atoms with Gasteiger partial charge in [-0.1, -0.05) is 17.7 Å². The Balaban J connectivity index is 1.78. The molecule has 0 radical (unpaired) electrons. The van der Waals surface area contributed by atoms with Crippen molar-refractivity contribution in [3.63, 3.8) is 0 Å². The molecule has 0 aliphatic heterocycles. The first-order chi connectivity index (χ1) is 12.7. The van der Waals surface area contributed by atoms with E-state index in [-0.39, 0.29) is 17.4 Å². The zero-order valence-corrected chi connectivity index (χ0v) is 15.9. The van der Waals surface area contributed by atoms with Crippen molar-refractivity contribution in [2.75, 3.05) is 0 Å². The van der Waals surface area contributed by atoms with E-state index in [0.717, 1.165) is 34.4 Å². The molecule has 0 saturated heterocycles. The van der Waals surface area contributed by atoms with Gasteiger partial charge in [0.25, 0.3) is 0 Å². The fraction of sp³-hybridized carbons (Fsp3) is 0.350. The molecule has 1 atom stereocenters. The number of hydrogen-bond acceptors (Lipinski definition) is 3. The SMILES string of the molecule is Cc1cc(CCC(=O)O)c2c(c1)CC(NS(=O)(=O)c1ccc(F)cc1)CC2. The summed E-state index contributed by atoms with van der Waals surface area (Å²) in [5.74, 6) is -1.31. The standard InChI is InChI=1S/C20H22FNO4S/c1-13-10-14(2-9-20(23)24)19-8-5-17(12-15(19)11-13)22-27(25,26)18-6-3-16(21)4-7-18/h3-4,6-7,10-11,17,22H,2,5,8-9,12H2,1H3,(H,23,24). The number of carbonyl (C=O) groups is 1. The number of aryl methyl sites for hydroxylation is 2. The van der Waals surface area contributed by atoms with Gasteiger partial charge < -0.3 is 5.11 Å². The number of carboxylic acids is 1. The molecule has 2 aromatic carbocycles. The van der Waals surface area contributed by atoms with Crippen LogP contribution in [0, 0.1) is 12.7 Å². The first-order valence-corrected chi connectivity index (χ1v) is 10.3. The predicted molar refractivity (Wildman–Crippen MR) is 99.7 cm³/mol. The monoisotopic (exact) mass is 391 g/mol. The fourth-order valence-corrected chi connectivity index (χ4v) is 4.90. The molecule has 27 heavy (non-hydrogen) atoms. The van der Waals surface area contributed by atoms with Gasteiger partial charge in [0.15, 0.2) is 0 Å². The van der Waals surface area contributed by atoms with Crippen molar-refractivity contribution in [2.24, 2.45) is 0 Å². The van der Waals surface area contributed by atoms with Crippen molar-refractivity contribution in [1.82, 2.24) is 4.72 Å². The number of aliphatic carboxylic acids is 1. The molecule has 0 spiro atoms. The Labute approximate surface area is 158 Å². The molecular formula is C20H22FNO4S. The molecule has 2 aromatic rings. The van der Waals surface area contributed by atoms with Gasteiger partial charge in [-0.3, -0.25) is 4.79 Å². The van der Waals surface area contributed by atoms with Gasteiger partial charge >= 0.3 is 5.97 Å². The maximum atomic E-state index is 13.0. The van der Waals surface area contributed by atoms with Crippen LogP contribution in [0.1, 0.15) is 35.1 Å². The zero-order chi connectivity index (χ0) is 19.6. The number of carboxylic acid groups (broad SMARTS) is 1. The summed E-state index contributed by atoms with van der Waals surface area (Å²) >= 11 is 0. The number of hydrogen-bond donors (Lipinski definition) is 2. The fourth-order valence-electron chi connectivity index (χ4n) is 3.63. The van der Waals surface area contributed by atoms with Gasteiger partial charge in [0.2, 0.25) is 10.0 Å². The minimum absolute atomic E-state index is 0.0427. The normalized spacial score (nSPS) is 16.7. The number of halogens is 1. The van der Waals surface area contributed by atoms with E-state index in [0.29, 0.717) is 25.7 Å². The Morgan fingerprint density at radius 1 is 1.26 bits per heavy atom. The summed E-state index contributed by atoms with van der Waals surface area (Å²) < 4.78 is 40.8. The van der Waals surface area contributed by atoms with Gasteiger partial charge in [0, 0.05) is 12.5 Å². The smallest absolute Gasteiger partial charge is 0.303 e. The second kappa shape index (κ2) is 7.78. The van der Waals surface area contributed by atoms with Crippen LogP contribution in [0.2, 0.25) is 0 Å². The predicted octanol–water partition coefficient (Wildman–Crippen LogP) is 2.99. The van der Waals surface area contributed by atoms with E-state index >= 15 is 0 Å². The maximum Gasteiger partial charge on any atom is 0.303 e. The summed E-state index contributed by atoms with van der Waals surface area (Å²) in [6.45, 7) is 1.96. The van der Waals surface area contributed by atoms with Gasteiger partial charge in [-0.15, -0.1) is 0 Å². The molecule has 0 saturated carbocycles. The Kier molecular flexibility index (Phi) is 5.62. The summed E-state index contributed by atoms with van der Waals surface area (Å²) in [6.07, 6.45) is 2.44. The second-order valence-corrected chi connectivity index (χ2v) is 8.68. The third-order valence-electron chi connectivity index (χ3n) is 4.84. The molecular weight excluding hydrogens is 369 g/mol. The lowest BCUT2D eigenvalue weighted by atomic mass is 9.83. The number of sulfonamides is 1. The third-order valence-corrected chi connectivity index (χ3v) is 6.38. The Morgan fingerprint density at radius 3 is 2.63 bits per heavy atom. The first kappa shape index (κ1) is 19.5. The van der Waals surface area contributed by atoms with Crippen LogP contribution in [0.3, 0.4) is 0 Å². The van der Waals surface area contributed by atoms with Gasteiger partial charge in [-0.2, -0.15) is 0 Å². The molecule has 5 nitrogen and oxygen atoms in total. The summed E-state index contributed by atoms with van der Waals surface area (Å²) in [5.41, 5.74) is 4.27. The second-order valence-electron chi connectivity index (χ2n) is 6.97. The topological polar surface area (TPSA) is 83.5 Å². The zero-order valence-electron chi connectivity index (χ0n) is 15.0. The van der Waals surface area contributed by atoms with Crippen molar-refractivity contribution >= 4 is 16.0 Å². The van der Waals surface area contributed by atoms with Gasteiger partial charge in [0.05, 0.1) is 4.90 Å². The number of fused-ring (bicyclic) bond motifs is 1. The molecule has 0 heterocycles. The van der Waals surface area contributed by atoms with Gasteiger partial charge in [0.1, 0.15) is 5.82 Å². The highest BCUT2D eigenvalue weighted by molar-refractivity contribution is 7.89. The Bertz CT molecular complexity index is 955. The molecule has 2 N–H and O–H groups in total. The number of nitrogens with one attached hydrogen (secondary N) is 1. The first-order valence-electron chi connectivity index (χ1n) is 8.85. The Hall–Kier alpha value is -2.25. The highest BCUT2D eigenvalue weighted by Gasteiger charge is 2.26. The van der Waals surface area contributed by atoms with E-state index in [4.69, 9.17) is 5.11 Å². The third kappa shape index (κ3) is 4.73. The van der Waals surface area contributed by atoms with E-state index < -0.39 is 21.8 Å². The highest BCUT2D eigenvalue weighted by atomic mass is 32.2. The quantitative estimate of drug-likeness (QED) is 0.793. The molecule has 3 rings (SSSR count). The van der Waals surface area contributed by atoms with E-state index in [1.807, 2.05) is 19.1 Å². The van der Waals surface area contributed by atoms with Crippen molar-refractivity contribution in [3.8, 4) is 0 Å². The molecule has 1 aliphatic carbocycles. The molecule has 0 amide bonds. The van der Waals surface area contributed by atoms with Crippen molar-refractivity contribution < 1.29 is 22.7 Å². The largest absolute Gasteiger partial charge is 0.481 e. The average Bonchev–Trinajstić information content (AvgIpc) is 2.59. The number of rotatable bonds is 6. The summed E-state index contributed by atoms with van der Waals surface area (Å²) in [4.78, 5) is 10.9. The van der Waals surface area contributed by atoms with Gasteiger partial charge in [-0.25, -0.2) is 17.5 Å². The molecule has 7 heteroatoms. The summed E-state index contributed by atoms with van der Waals surface area (Å²) in [7, 11) is -3.72. The minimum atomic E-state index is -3.72. The molecule has 144 valence electrons. The van der Waals surface area contributed by atoms with Crippen LogP contribution in [0.25, 0.3) is 0 Å². The van der Waals surface area contributed by atoms with Crippen molar-refractivity contribution in [1.29, 1.82) is 0 Å². The van der Waals surface area contributed by atoms with E-state index in [9.17, 15) is 17.6 Å². The molecule has 0 fully saturated rings.